The zero-order valence-electron chi connectivity index (χ0n) is 17.5. The van der Waals surface area contributed by atoms with E-state index in [1.54, 1.807) is 30.5 Å². The van der Waals surface area contributed by atoms with Gasteiger partial charge in [0.05, 0.1) is 10.5 Å². The van der Waals surface area contributed by atoms with Crippen LogP contribution in [0.25, 0.3) is 21.8 Å². The van der Waals surface area contributed by atoms with Gasteiger partial charge in [-0.3, -0.25) is 4.79 Å². The molecule has 1 amide bonds. The number of benzene rings is 2. The lowest BCUT2D eigenvalue weighted by Gasteiger charge is -2.14. The molecule has 0 saturated carbocycles. The topological polar surface area (TPSA) is 109 Å². The summed E-state index contributed by atoms with van der Waals surface area (Å²) >= 11 is 5.93. The molecule has 164 valence electrons. The lowest BCUT2D eigenvalue weighted by Crippen LogP contribution is -2.21. The summed E-state index contributed by atoms with van der Waals surface area (Å²) in [5, 5.41) is 7.84. The quantitative estimate of drug-likeness (QED) is 0.365. The second-order valence-corrected chi connectivity index (χ2v) is 7.90. The molecule has 2 heterocycles. The molecule has 0 radical (unpaired) electrons. The molecule has 4 N–H and O–H groups in total. The van der Waals surface area contributed by atoms with Gasteiger partial charge in [-0.15, -0.1) is 0 Å². The summed E-state index contributed by atoms with van der Waals surface area (Å²) in [6.07, 6.45) is 1.71. The van der Waals surface area contributed by atoms with Gasteiger partial charge < -0.3 is 21.3 Å². The molecule has 0 spiro atoms. The number of hydrogen-bond acceptors (Lipinski definition) is 7. The first kappa shape index (κ1) is 21.7. The number of carbonyl (C=O) groups is 1. The van der Waals surface area contributed by atoms with Crippen LogP contribution in [0.5, 0.6) is 0 Å². The fraction of sp³-hybridized carbons (Fsp3) is 0.182. The van der Waals surface area contributed by atoms with E-state index in [1.807, 2.05) is 19.0 Å². The van der Waals surface area contributed by atoms with Crippen molar-refractivity contribution in [3.05, 3.63) is 59.0 Å². The van der Waals surface area contributed by atoms with Gasteiger partial charge in [0, 0.05) is 41.3 Å². The summed E-state index contributed by atoms with van der Waals surface area (Å²) in [5.74, 6) is -0.205. The normalized spacial score (nSPS) is 11.3. The molecular formula is C22H21ClFN7O. The van der Waals surface area contributed by atoms with E-state index in [0.29, 0.717) is 40.6 Å². The molecule has 0 fully saturated rings. The van der Waals surface area contributed by atoms with E-state index in [2.05, 4.69) is 25.6 Å². The number of anilines is 3. The fourth-order valence-electron chi connectivity index (χ4n) is 3.21. The third kappa shape index (κ3) is 4.53. The van der Waals surface area contributed by atoms with Gasteiger partial charge >= 0.3 is 0 Å². The molecule has 4 aromatic rings. The molecule has 8 nitrogen and oxygen atoms in total. The number of aromatic nitrogens is 3. The van der Waals surface area contributed by atoms with Gasteiger partial charge in [0.25, 0.3) is 0 Å². The number of nitrogens with zero attached hydrogens (tertiary/aromatic N) is 4. The Labute approximate surface area is 188 Å². The smallest absolute Gasteiger partial charge is 0.248 e. The van der Waals surface area contributed by atoms with Gasteiger partial charge in [0.15, 0.2) is 5.82 Å². The van der Waals surface area contributed by atoms with Crippen LogP contribution in [0.1, 0.15) is 10.4 Å². The second-order valence-electron chi connectivity index (χ2n) is 7.50. The molecule has 0 atom stereocenters. The summed E-state index contributed by atoms with van der Waals surface area (Å²) in [6, 6.07) is 9.31. The lowest BCUT2D eigenvalue weighted by atomic mass is 10.1. The number of nitrogens with one attached hydrogen (secondary N) is 2. The Kier molecular flexibility index (Phi) is 6.02. The van der Waals surface area contributed by atoms with Gasteiger partial charge in [-0.05, 0) is 44.4 Å². The number of carbonyl (C=O) groups excluding carboxylic acids is 1. The predicted octanol–water partition coefficient (Wildman–Crippen LogP) is 3.79. The van der Waals surface area contributed by atoms with Crippen LogP contribution in [0, 0.1) is 5.82 Å². The van der Waals surface area contributed by atoms with Crippen molar-refractivity contribution in [3.63, 3.8) is 0 Å². The third-order valence-corrected chi connectivity index (χ3v) is 5.13. The Bertz CT molecular complexity index is 1330. The monoisotopic (exact) mass is 453 g/mol. The first-order valence-electron chi connectivity index (χ1n) is 9.83. The van der Waals surface area contributed by atoms with Gasteiger partial charge in [0.1, 0.15) is 11.3 Å². The van der Waals surface area contributed by atoms with Crippen LogP contribution in [-0.2, 0) is 0 Å². The Morgan fingerprint density at radius 2 is 1.97 bits per heavy atom. The van der Waals surface area contributed by atoms with E-state index in [4.69, 9.17) is 17.3 Å². The van der Waals surface area contributed by atoms with Crippen LogP contribution in [0.15, 0.2) is 42.6 Å². The Morgan fingerprint density at radius 1 is 1.16 bits per heavy atom. The molecule has 32 heavy (non-hydrogen) atoms. The predicted molar refractivity (Wildman–Crippen MR) is 125 cm³/mol. The van der Waals surface area contributed by atoms with Crippen molar-refractivity contribution >= 4 is 56.8 Å². The van der Waals surface area contributed by atoms with Crippen LogP contribution in [0.2, 0.25) is 5.02 Å². The molecule has 0 aliphatic heterocycles. The maximum Gasteiger partial charge on any atom is 0.248 e. The number of hydrogen-bond donors (Lipinski definition) is 3. The minimum Gasteiger partial charge on any atom is -0.366 e. The molecule has 2 aromatic carbocycles. The minimum absolute atomic E-state index is 0.0169. The first-order chi connectivity index (χ1) is 15.3. The van der Waals surface area contributed by atoms with Crippen molar-refractivity contribution in [1.82, 2.24) is 19.9 Å². The summed E-state index contributed by atoms with van der Waals surface area (Å²) in [7, 11) is 3.96. The molecular weight excluding hydrogens is 433 g/mol. The average molecular weight is 454 g/mol. The van der Waals surface area contributed by atoms with E-state index in [1.165, 1.54) is 12.1 Å². The van der Waals surface area contributed by atoms with E-state index in [9.17, 15) is 9.18 Å². The highest BCUT2D eigenvalue weighted by molar-refractivity contribution is 6.31. The first-order valence-corrected chi connectivity index (χ1v) is 10.2. The fourth-order valence-corrected chi connectivity index (χ4v) is 3.39. The molecule has 0 aliphatic rings. The van der Waals surface area contributed by atoms with E-state index in [-0.39, 0.29) is 5.02 Å². The molecule has 0 aliphatic carbocycles. The number of nitrogens with two attached hydrogens (primary N) is 1. The maximum absolute atomic E-state index is 13.6. The summed E-state index contributed by atoms with van der Waals surface area (Å²) in [4.78, 5) is 27.4. The van der Waals surface area contributed by atoms with Gasteiger partial charge in [-0.2, -0.15) is 0 Å². The molecule has 0 unspecified atom stereocenters. The number of halogens is 2. The Hall–Kier alpha value is -3.56. The number of fused-ring (bicyclic) bond motifs is 3. The summed E-state index contributed by atoms with van der Waals surface area (Å²) < 4.78 is 13.6. The number of primary amides is 1. The van der Waals surface area contributed by atoms with E-state index in [0.717, 1.165) is 17.3 Å². The third-order valence-electron chi connectivity index (χ3n) is 4.84. The Morgan fingerprint density at radius 3 is 2.69 bits per heavy atom. The van der Waals surface area contributed by atoms with Crippen molar-refractivity contribution in [2.75, 3.05) is 37.8 Å². The average Bonchev–Trinajstić information content (AvgIpc) is 2.75. The van der Waals surface area contributed by atoms with Crippen LogP contribution in [-0.4, -0.2) is 52.9 Å². The summed E-state index contributed by atoms with van der Waals surface area (Å²) in [6.45, 7) is 1.48. The minimum atomic E-state index is -0.551. The van der Waals surface area contributed by atoms with Gasteiger partial charge in [-0.1, -0.05) is 17.7 Å². The maximum atomic E-state index is 13.6. The highest BCUT2D eigenvalue weighted by atomic mass is 35.5. The number of rotatable bonds is 7. The summed E-state index contributed by atoms with van der Waals surface area (Å²) in [5.41, 5.74) is 7.41. The van der Waals surface area contributed by atoms with Crippen molar-refractivity contribution in [1.29, 1.82) is 0 Å². The van der Waals surface area contributed by atoms with Gasteiger partial charge in [0.2, 0.25) is 11.9 Å². The lowest BCUT2D eigenvalue weighted by molar-refractivity contribution is 0.100. The standard InChI is InChI=1S/C22H21ClFN7O/c1-31(2)8-7-26-22-27-11-15-14-5-3-12(20(25)32)9-18(14)29-21(19(15)30-22)28-13-4-6-17(24)16(23)10-13/h3-6,9-11H,7-8H2,1-2H3,(H2,25,32)(H,28,29)(H,26,27,30). The van der Waals surface area contributed by atoms with Gasteiger partial charge in [-0.25, -0.2) is 19.3 Å². The zero-order valence-corrected chi connectivity index (χ0v) is 18.2. The largest absolute Gasteiger partial charge is 0.366 e. The molecule has 4 rings (SSSR count). The Balaban J connectivity index is 1.84. The molecule has 2 aromatic heterocycles. The van der Waals surface area contributed by atoms with Crippen molar-refractivity contribution in [2.24, 2.45) is 5.73 Å². The second kappa shape index (κ2) is 8.89. The van der Waals surface area contributed by atoms with Crippen molar-refractivity contribution in [3.8, 4) is 0 Å². The number of pyridine rings is 1. The van der Waals surface area contributed by atoms with E-state index < -0.39 is 11.7 Å². The number of likely N-dealkylation sites (N-methyl/N-ethyl adjacent to an activating group) is 1. The number of amides is 1. The van der Waals surface area contributed by atoms with Crippen LogP contribution >= 0.6 is 11.6 Å². The molecule has 10 heteroatoms. The SMILES string of the molecule is CN(C)CCNc1ncc2c(n1)c(Nc1ccc(F)c(Cl)c1)nc1cc(C(N)=O)ccc12. The van der Waals surface area contributed by atoms with Crippen molar-refractivity contribution in [2.45, 2.75) is 0 Å². The van der Waals surface area contributed by atoms with E-state index >= 15 is 0 Å². The highest BCUT2D eigenvalue weighted by Crippen LogP contribution is 2.31. The van der Waals surface area contributed by atoms with Crippen LogP contribution in [0.4, 0.5) is 21.8 Å². The van der Waals surface area contributed by atoms with Crippen LogP contribution < -0.4 is 16.4 Å². The van der Waals surface area contributed by atoms with Crippen molar-refractivity contribution < 1.29 is 9.18 Å². The molecule has 0 saturated heterocycles. The molecule has 0 bridgehead atoms. The van der Waals surface area contributed by atoms with Crippen LogP contribution in [0.3, 0.4) is 0 Å². The zero-order chi connectivity index (χ0) is 22.8. The highest BCUT2D eigenvalue weighted by Gasteiger charge is 2.14.